The number of amides is 2. The second-order valence-electron chi connectivity index (χ2n) is 5.32. The first-order chi connectivity index (χ1) is 11.0. The number of carbonyl (C=O) groups excluding carboxylic acids is 2. The first-order valence-corrected chi connectivity index (χ1v) is 8.18. The van der Waals surface area contributed by atoms with E-state index < -0.39 is 5.91 Å². The van der Waals surface area contributed by atoms with E-state index in [1.807, 2.05) is 54.6 Å². The van der Waals surface area contributed by atoms with Crippen molar-refractivity contribution in [1.82, 2.24) is 4.90 Å². The topological polar surface area (TPSA) is 63.4 Å². The summed E-state index contributed by atoms with van der Waals surface area (Å²) in [4.78, 5) is 25.3. The monoisotopic (exact) mass is 374 g/mol. The molecule has 5 heteroatoms. The van der Waals surface area contributed by atoms with Gasteiger partial charge in [-0.15, -0.1) is 0 Å². The van der Waals surface area contributed by atoms with Crippen LogP contribution in [0.3, 0.4) is 0 Å². The van der Waals surface area contributed by atoms with Crippen molar-refractivity contribution in [3.8, 4) is 0 Å². The van der Waals surface area contributed by atoms with E-state index in [0.29, 0.717) is 19.5 Å². The van der Waals surface area contributed by atoms with Crippen LogP contribution >= 0.6 is 15.9 Å². The largest absolute Gasteiger partial charge is 0.370 e. The van der Waals surface area contributed by atoms with Crippen LogP contribution in [0.15, 0.2) is 59.1 Å². The van der Waals surface area contributed by atoms with Crippen molar-refractivity contribution >= 4 is 27.7 Å². The van der Waals surface area contributed by atoms with Gasteiger partial charge >= 0.3 is 0 Å². The van der Waals surface area contributed by atoms with Crippen molar-refractivity contribution in [2.24, 2.45) is 5.73 Å². The van der Waals surface area contributed by atoms with Gasteiger partial charge in [0.15, 0.2) is 0 Å². The van der Waals surface area contributed by atoms with Gasteiger partial charge in [0.2, 0.25) is 11.8 Å². The lowest BCUT2D eigenvalue weighted by Gasteiger charge is -2.22. The van der Waals surface area contributed by atoms with E-state index in [-0.39, 0.29) is 12.3 Å². The molecule has 0 aliphatic rings. The molecule has 2 N–H and O–H groups in total. The molecular weight excluding hydrogens is 356 g/mol. The molecule has 23 heavy (non-hydrogen) atoms. The van der Waals surface area contributed by atoms with Gasteiger partial charge in [-0.3, -0.25) is 9.59 Å². The number of primary amides is 1. The summed E-state index contributed by atoms with van der Waals surface area (Å²) in [5.74, 6) is -0.420. The Kier molecular flexibility index (Phi) is 6.35. The molecule has 0 aliphatic carbocycles. The van der Waals surface area contributed by atoms with Gasteiger partial charge in [0.1, 0.15) is 0 Å². The molecule has 0 spiro atoms. The van der Waals surface area contributed by atoms with Gasteiger partial charge in [0.05, 0.1) is 6.42 Å². The maximum Gasteiger partial charge on any atom is 0.227 e. The molecule has 0 unspecified atom stereocenters. The molecule has 0 atom stereocenters. The number of hydrogen-bond acceptors (Lipinski definition) is 2. The Morgan fingerprint density at radius 3 is 2.22 bits per heavy atom. The molecule has 2 aromatic rings. The zero-order valence-corrected chi connectivity index (χ0v) is 14.3. The van der Waals surface area contributed by atoms with Crippen LogP contribution in [0.1, 0.15) is 17.5 Å². The van der Waals surface area contributed by atoms with Crippen molar-refractivity contribution in [2.45, 2.75) is 19.4 Å². The minimum absolute atomic E-state index is 0.0163. The Morgan fingerprint density at radius 2 is 1.61 bits per heavy atom. The first kappa shape index (κ1) is 17.2. The summed E-state index contributed by atoms with van der Waals surface area (Å²) in [7, 11) is 0. The molecule has 120 valence electrons. The second-order valence-corrected chi connectivity index (χ2v) is 6.24. The molecule has 0 radical (unpaired) electrons. The summed E-state index contributed by atoms with van der Waals surface area (Å²) in [5, 5.41) is 0. The fourth-order valence-electron chi connectivity index (χ4n) is 2.23. The van der Waals surface area contributed by atoms with Crippen molar-refractivity contribution in [3.63, 3.8) is 0 Å². The second kappa shape index (κ2) is 8.48. The van der Waals surface area contributed by atoms with Gasteiger partial charge in [0, 0.05) is 24.0 Å². The number of nitrogens with two attached hydrogens (primary N) is 1. The van der Waals surface area contributed by atoms with Crippen molar-refractivity contribution in [1.29, 1.82) is 0 Å². The van der Waals surface area contributed by atoms with Crippen LogP contribution in [0.25, 0.3) is 0 Å². The Bertz CT molecular complexity index is 656. The molecule has 0 aromatic heterocycles. The predicted molar refractivity (Wildman–Crippen MR) is 93.5 cm³/mol. The Morgan fingerprint density at radius 1 is 0.957 bits per heavy atom. The average Bonchev–Trinajstić information content (AvgIpc) is 2.54. The molecule has 0 aliphatic heterocycles. The van der Waals surface area contributed by atoms with Crippen LogP contribution in [0.4, 0.5) is 0 Å². The third kappa shape index (κ3) is 5.87. The maximum atomic E-state index is 12.6. The summed E-state index contributed by atoms with van der Waals surface area (Å²) in [6.45, 7) is 0.809. The number of carbonyl (C=O) groups is 2. The van der Waals surface area contributed by atoms with Gasteiger partial charge in [-0.2, -0.15) is 0 Å². The Labute approximate surface area is 144 Å². The SMILES string of the molecule is NC(=O)CCN(Cc1ccccc1)C(=O)Cc1ccc(Br)cc1. The molecule has 0 heterocycles. The van der Waals surface area contributed by atoms with Crippen molar-refractivity contribution in [2.75, 3.05) is 6.54 Å². The molecule has 4 nitrogen and oxygen atoms in total. The van der Waals surface area contributed by atoms with Crippen molar-refractivity contribution < 1.29 is 9.59 Å². The lowest BCUT2D eigenvalue weighted by atomic mass is 10.1. The lowest BCUT2D eigenvalue weighted by molar-refractivity contribution is -0.131. The number of benzene rings is 2. The van der Waals surface area contributed by atoms with Gasteiger partial charge < -0.3 is 10.6 Å². The normalized spacial score (nSPS) is 10.3. The summed E-state index contributed by atoms with van der Waals surface area (Å²) in [5.41, 5.74) is 7.19. The summed E-state index contributed by atoms with van der Waals surface area (Å²) in [6, 6.07) is 17.4. The molecule has 0 saturated carbocycles. The van der Waals surface area contributed by atoms with Crippen LogP contribution in [-0.2, 0) is 22.6 Å². The van der Waals surface area contributed by atoms with E-state index in [2.05, 4.69) is 15.9 Å². The standard InChI is InChI=1S/C18H19BrN2O2/c19-16-8-6-14(7-9-16)12-18(23)21(11-10-17(20)22)13-15-4-2-1-3-5-15/h1-9H,10-13H2,(H2,20,22). The van der Waals surface area contributed by atoms with Crippen LogP contribution in [0, 0.1) is 0 Å². The summed E-state index contributed by atoms with van der Waals surface area (Å²) in [6.07, 6.45) is 0.470. The van der Waals surface area contributed by atoms with Gasteiger partial charge in [-0.1, -0.05) is 58.4 Å². The van der Waals surface area contributed by atoms with Gasteiger partial charge in [0.25, 0.3) is 0 Å². The zero-order chi connectivity index (χ0) is 16.7. The molecule has 2 rings (SSSR count). The quantitative estimate of drug-likeness (QED) is 0.809. The predicted octanol–water partition coefficient (Wildman–Crippen LogP) is 2.90. The van der Waals surface area contributed by atoms with E-state index in [1.165, 1.54) is 0 Å². The molecule has 0 bridgehead atoms. The third-order valence-corrected chi connectivity index (χ3v) is 3.99. The molecule has 0 fully saturated rings. The van der Waals surface area contributed by atoms with Crippen LogP contribution < -0.4 is 5.73 Å². The maximum absolute atomic E-state index is 12.6. The van der Waals surface area contributed by atoms with E-state index in [9.17, 15) is 9.59 Å². The highest BCUT2D eigenvalue weighted by Crippen LogP contribution is 2.13. The van der Waals surface area contributed by atoms with E-state index in [0.717, 1.165) is 15.6 Å². The Balaban J connectivity index is 2.06. The van der Waals surface area contributed by atoms with Crippen LogP contribution in [-0.4, -0.2) is 23.3 Å². The van der Waals surface area contributed by atoms with Gasteiger partial charge in [-0.05, 0) is 23.3 Å². The Hall–Kier alpha value is -2.14. The molecule has 0 saturated heterocycles. The number of rotatable bonds is 7. The van der Waals surface area contributed by atoms with E-state index in [1.54, 1.807) is 4.90 Å². The molecular formula is C18H19BrN2O2. The molecule has 2 aromatic carbocycles. The highest BCUT2D eigenvalue weighted by atomic mass is 79.9. The molecule has 2 amide bonds. The third-order valence-electron chi connectivity index (χ3n) is 3.47. The number of hydrogen-bond donors (Lipinski definition) is 1. The summed E-state index contributed by atoms with van der Waals surface area (Å²) >= 11 is 3.38. The van der Waals surface area contributed by atoms with Crippen molar-refractivity contribution in [3.05, 3.63) is 70.2 Å². The van der Waals surface area contributed by atoms with Crippen LogP contribution in [0.2, 0.25) is 0 Å². The lowest BCUT2D eigenvalue weighted by Crippen LogP contribution is -2.34. The number of nitrogens with zero attached hydrogens (tertiary/aromatic N) is 1. The highest BCUT2D eigenvalue weighted by molar-refractivity contribution is 9.10. The minimum atomic E-state index is -0.403. The van der Waals surface area contributed by atoms with E-state index in [4.69, 9.17) is 5.73 Å². The number of halogens is 1. The zero-order valence-electron chi connectivity index (χ0n) is 12.7. The van der Waals surface area contributed by atoms with Crippen LogP contribution in [0.5, 0.6) is 0 Å². The average molecular weight is 375 g/mol. The van der Waals surface area contributed by atoms with E-state index >= 15 is 0 Å². The highest BCUT2D eigenvalue weighted by Gasteiger charge is 2.15. The smallest absolute Gasteiger partial charge is 0.227 e. The fourth-order valence-corrected chi connectivity index (χ4v) is 2.49. The fraction of sp³-hybridized carbons (Fsp3) is 0.222. The summed E-state index contributed by atoms with van der Waals surface area (Å²) < 4.78 is 0.976. The van der Waals surface area contributed by atoms with Gasteiger partial charge in [-0.25, -0.2) is 0 Å². The minimum Gasteiger partial charge on any atom is -0.370 e. The first-order valence-electron chi connectivity index (χ1n) is 7.39.